The molecule has 0 saturated heterocycles. The Bertz CT molecular complexity index is 1070. The van der Waals surface area contributed by atoms with E-state index in [0.717, 1.165) is 18.4 Å². The fraction of sp³-hybridized carbons (Fsp3) is 0.292. The molecule has 0 spiro atoms. The monoisotopic (exact) mass is 422 g/mol. The smallest absolute Gasteiger partial charge is 0.357 e. The van der Waals surface area contributed by atoms with Crippen molar-refractivity contribution < 1.29 is 23.8 Å². The van der Waals surface area contributed by atoms with Crippen molar-refractivity contribution >= 4 is 11.9 Å². The summed E-state index contributed by atoms with van der Waals surface area (Å²) in [6.45, 7) is 4.55. The van der Waals surface area contributed by atoms with Crippen LogP contribution in [0.25, 0.3) is 16.9 Å². The molecule has 1 aromatic heterocycles. The lowest BCUT2D eigenvalue weighted by molar-refractivity contribution is 0.0549. The van der Waals surface area contributed by atoms with Crippen molar-refractivity contribution in [1.29, 1.82) is 0 Å². The Morgan fingerprint density at radius 1 is 1.00 bits per heavy atom. The van der Waals surface area contributed by atoms with Crippen molar-refractivity contribution in [3.8, 4) is 22.7 Å². The summed E-state index contributed by atoms with van der Waals surface area (Å²) >= 11 is 0. The van der Waals surface area contributed by atoms with E-state index >= 15 is 0 Å². The fourth-order valence-electron chi connectivity index (χ4n) is 3.22. The Morgan fingerprint density at radius 2 is 1.71 bits per heavy atom. The van der Waals surface area contributed by atoms with Gasteiger partial charge in [-0.1, -0.05) is 43.2 Å². The van der Waals surface area contributed by atoms with Gasteiger partial charge in [0.15, 0.2) is 5.69 Å². The number of carbonyl (C=O) groups excluding carboxylic acids is 2. The maximum Gasteiger partial charge on any atom is 0.357 e. The molecule has 0 N–H and O–H groups in total. The zero-order chi connectivity index (χ0) is 22.4. The van der Waals surface area contributed by atoms with Gasteiger partial charge in [-0.15, -0.1) is 0 Å². The van der Waals surface area contributed by atoms with Gasteiger partial charge in [0.1, 0.15) is 17.0 Å². The summed E-state index contributed by atoms with van der Waals surface area (Å²) in [6.07, 6.45) is 1.88. The predicted octanol–water partition coefficient (Wildman–Crippen LogP) is 4.60. The minimum Gasteiger partial charge on any atom is -0.493 e. The number of hydrogen-bond acceptors (Lipinski definition) is 6. The number of unbranched alkanes of at least 4 members (excludes halogenated alkanes) is 1. The number of aryl methyl sites for hydroxylation is 1. The van der Waals surface area contributed by atoms with Crippen LogP contribution in [0.1, 0.15) is 46.2 Å². The standard InChI is InChI=1S/C24H26N2O5/c1-5-6-14-31-19-13-12-16(2)15-18(19)21-20(23(27)29-3)22(24(28)30-4)26(25-21)17-10-8-7-9-11-17/h7-13,15H,5-6,14H2,1-4H3. The molecule has 0 saturated carbocycles. The molecule has 0 aliphatic rings. The first kappa shape index (κ1) is 22.1. The highest BCUT2D eigenvalue weighted by molar-refractivity contribution is 6.07. The van der Waals surface area contributed by atoms with Crippen molar-refractivity contribution in [2.75, 3.05) is 20.8 Å². The minimum atomic E-state index is -0.691. The zero-order valence-corrected chi connectivity index (χ0v) is 18.2. The fourth-order valence-corrected chi connectivity index (χ4v) is 3.22. The maximum atomic E-state index is 12.8. The zero-order valence-electron chi connectivity index (χ0n) is 18.2. The van der Waals surface area contributed by atoms with E-state index in [1.807, 2.05) is 43.3 Å². The molecule has 7 nitrogen and oxygen atoms in total. The van der Waals surface area contributed by atoms with Gasteiger partial charge in [-0.05, 0) is 37.6 Å². The number of aromatic nitrogens is 2. The second-order valence-corrected chi connectivity index (χ2v) is 7.00. The van der Waals surface area contributed by atoms with Crippen LogP contribution < -0.4 is 4.74 Å². The highest BCUT2D eigenvalue weighted by Crippen LogP contribution is 2.35. The molecular weight excluding hydrogens is 396 g/mol. The van der Waals surface area contributed by atoms with E-state index in [1.165, 1.54) is 18.9 Å². The van der Waals surface area contributed by atoms with Gasteiger partial charge in [-0.2, -0.15) is 5.10 Å². The van der Waals surface area contributed by atoms with Gasteiger partial charge in [0.25, 0.3) is 0 Å². The van der Waals surface area contributed by atoms with Gasteiger partial charge >= 0.3 is 11.9 Å². The number of nitrogens with zero attached hydrogens (tertiary/aromatic N) is 2. The van der Waals surface area contributed by atoms with E-state index < -0.39 is 11.9 Å². The van der Waals surface area contributed by atoms with Crippen LogP contribution in [0.15, 0.2) is 48.5 Å². The summed E-state index contributed by atoms with van der Waals surface area (Å²) < 4.78 is 17.4. The third-order valence-corrected chi connectivity index (χ3v) is 4.80. The summed E-state index contributed by atoms with van der Waals surface area (Å²) in [5.41, 5.74) is 2.51. The average Bonchev–Trinajstić information content (AvgIpc) is 3.20. The molecule has 0 aliphatic carbocycles. The van der Waals surface area contributed by atoms with E-state index in [4.69, 9.17) is 14.2 Å². The van der Waals surface area contributed by atoms with E-state index in [2.05, 4.69) is 12.0 Å². The lowest BCUT2D eigenvalue weighted by Gasteiger charge is -2.12. The molecule has 2 aromatic carbocycles. The quantitative estimate of drug-likeness (QED) is 0.390. The van der Waals surface area contributed by atoms with Gasteiger partial charge in [0.2, 0.25) is 0 Å². The van der Waals surface area contributed by atoms with Crippen LogP contribution in [0.4, 0.5) is 0 Å². The van der Waals surface area contributed by atoms with E-state index in [9.17, 15) is 9.59 Å². The molecule has 1 heterocycles. The molecule has 0 amide bonds. The third-order valence-electron chi connectivity index (χ3n) is 4.80. The van der Waals surface area contributed by atoms with Gasteiger partial charge in [-0.25, -0.2) is 14.3 Å². The van der Waals surface area contributed by atoms with E-state index in [1.54, 1.807) is 12.1 Å². The molecule has 3 aromatic rings. The van der Waals surface area contributed by atoms with Crippen molar-refractivity contribution in [3.05, 3.63) is 65.4 Å². The van der Waals surface area contributed by atoms with Crippen LogP contribution >= 0.6 is 0 Å². The lowest BCUT2D eigenvalue weighted by atomic mass is 10.0. The molecule has 0 aliphatic heterocycles. The first-order valence-electron chi connectivity index (χ1n) is 10.1. The van der Waals surface area contributed by atoms with Gasteiger partial charge in [-0.3, -0.25) is 0 Å². The highest BCUT2D eigenvalue weighted by Gasteiger charge is 2.32. The maximum absolute atomic E-state index is 12.8. The van der Waals surface area contributed by atoms with E-state index in [0.29, 0.717) is 29.3 Å². The van der Waals surface area contributed by atoms with Crippen LogP contribution in [0.3, 0.4) is 0 Å². The third kappa shape index (κ3) is 4.60. The summed E-state index contributed by atoms with van der Waals surface area (Å²) in [7, 11) is 2.53. The van der Waals surface area contributed by atoms with Crippen molar-refractivity contribution in [1.82, 2.24) is 9.78 Å². The number of para-hydroxylation sites is 1. The van der Waals surface area contributed by atoms with Crippen molar-refractivity contribution in [3.63, 3.8) is 0 Å². The largest absolute Gasteiger partial charge is 0.493 e. The number of ether oxygens (including phenoxy) is 3. The predicted molar refractivity (Wildman–Crippen MR) is 117 cm³/mol. The van der Waals surface area contributed by atoms with Gasteiger partial charge in [0, 0.05) is 5.56 Å². The first-order chi connectivity index (χ1) is 15.0. The lowest BCUT2D eigenvalue weighted by Crippen LogP contribution is -2.15. The molecular formula is C24H26N2O5. The summed E-state index contributed by atoms with van der Waals surface area (Å²) in [4.78, 5) is 25.6. The summed E-state index contributed by atoms with van der Waals surface area (Å²) in [5.74, 6) is -0.791. The Morgan fingerprint density at radius 3 is 2.35 bits per heavy atom. The molecule has 162 valence electrons. The average molecular weight is 422 g/mol. The molecule has 0 bridgehead atoms. The van der Waals surface area contributed by atoms with Gasteiger partial charge in [0.05, 0.1) is 26.5 Å². The summed E-state index contributed by atoms with van der Waals surface area (Å²) in [6, 6.07) is 14.7. The number of hydrogen-bond donors (Lipinski definition) is 0. The number of benzene rings is 2. The Balaban J connectivity index is 2.31. The number of carbonyl (C=O) groups is 2. The van der Waals surface area contributed by atoms with E-state index in [-0.39, 0.29) is 11.3 Å². The molecule has 0 unspecified atom stereocenters. The molecule has 31 heavy (non-hydrogen) atoms. The topological polar surface area (TPSA) is 79.7 Å². The normalized spacial score (nSPS) is 10.6. The Labute approximate surface area is 181 Å². The van der Waals surface area contributed by atoms with Crippen LogP contribution in [0.2, 0.25) is 0 Å². The highest BCUT2D eigenvalue weighted by atomic mass is 16.5. The molecule has 3 rings (SSSR count). The second-order valence-electron chi connectivity index (χ2n) is 7.00. The second kappa shape index (κ2) is 9.93. The van der Waals surface area contributed by atoms with Crippen molar-refractivity contribution in [2.24, 2.45) is 0 Å². The van der Waals surface area contributed by atoms with Crippen molar-refractivity contribution in [2.45, 2.75) is 26.7 Å². The first-order valence-corrected chi connectivity index (χ1v) is 10.1. The van der Waals surface area contributed by atoms with Crippen LogP contribution in [-0.4, -0.2) is 42.5 Å². The van der Waals surface area contributed by atoms with Crippen LogP contribution in [-0.2, 0) is 9.47 Å². The van der Waals surface area contributed by atoms with Crippen LogP contribution in [0, 0.1) is 6.92 Å². The summed E-state index contributed by atoms with van der Waals surface area (Å²) in [5, 5.41) is 4.65. The Hall–Kier alpha value is -3.61. The number of methoxy groups -OCH3 is 2. The minimum absolute atomic E-state index is 0.00318. The van der Waals surface area contributed by atoms with Gasteiger partial charge < -0.3 is 14.2 Å². The molecule has 0 atom stereocenters. The SMILES string of the molecule is CCCCOc1ccc(C)cc1-c1nn(-c2ccccc2)c(C(=O)OC)c1C(=O)OC. The molecule has 0 radical (unpaired) electrons. The Kier molecular flexibility index (Phi) is 7.07. The molecule has 7 heteroatoms. The molecule has 0 fully saturated rings. The van der Waals surface area contributed by atoms with Crippen LogP contribution in [0.5, 0.6) is 5.75 Å². The number of esters is 2. The number of rotatable bonds is 8.